The Labute approximate surface area is 170 Å². The maximum absolute atomic E-state index is 13.6. The van der Waals surface area contributed by atoms with Crippen LogP contribution in [0.1, 0.15) is 12.5 Å². The molecule has 0 fully saturated rings. The van der Waals surface area contributed by atoms with E-state index >= 15 is 0 Å². The molecule has 7 heteroatoms. The van der Waals surface area contributed by atoms with Crippen molar-refractivity contribution in [2.75, 3.05) is 25.0 Å². The fraction of sp³-hybridized carbons (Fsp3) is 0.263. The van der Waals surface area contributed by atoms with Crippen LogP contribution >= 0.6 is 24.0 Å². The number of anilines is 1. The Morgan fingerprint density at radius 3 is 2.42 bits per heavy atom. The van der Waals surface area contributed by atoms with Crippen LogP contribution in [0.25, 0.3) is 0 Å². The highest BCUT2D eigenvalue weighted by molar-refractivity contribution is 14.0. The maximum Gasteiger partial charge on any atom is 0.246 e. The molecule has 0 aliphatic carbocycles. The molecule has 0 unspecified atom stereocenters. The molecule has 0 radical (unpaired) electrons. The first-order chi connectivity index (χ1) is 12.2. The summed E-state index contributed by atoms with van der Waals surface area (Å²) in [6, 6.07) is 15.9. The number of amides is 1. The van der Waals surface area contributed by atoms with E-state index < -0.39 is 0 Å². The highest BCUT2D eigenvalue weighted by Gasteiger charge is 2.04. The number of nitrogens with zero attached hydrogens (tertiary/aromatic N) is 1. The van der Waals surface area contributed by atoms with Gasteiger partial charge >= 0.3 is 0 Å². The van der Waals surface area contributed by atoms with E-state index in [0.29, 0.717) is 31.0 Å². The van der Waals surface area contributed by atoms with Crippen LogP contribution in [0.15, 0.2) is 59.6 Å². The minimum Gasteiger partial charge on any atom is -0.357 e. The minimum absolute atomic E-state index is 0. The molecule has 0 spiro atoms. The minimum atomic E-state index is -0.214. The van der Waals surface area contributed by atoms with Gasteiger partial charge in [-0.2, -0.15) is 0 Å². The fourth-order valence-corrected chi connectivity index (χ4v) is 2.23. The van der Waals surface area contributed by atoms with E-state index in [1.807, 2.05) is 43.3 Å². The van der Waals surface area contributed by atoms with Gasteiger partial charge in [0.05, 0.1) is 0 Å². The normalized spacial score (nSPS) is 10.6. The summed E-state index contributed by atoms with van der Waals surface area (Å²) in [5.41, 5.74) is 1.38. The molecule has 0 saturated heterocycles. The number of aliphatic imine (C=N–C) groups is 1. The predicted molar refractivity (Wildman–Crippen MR) is 115 cm³/mol. The van der Waals surface area contributed by atoms with Gasteiger partial charge in [-0.15, -0.1) is 24.0 Å². The zero-order valence-electron chi connectivity index (χ0n) is 14.7. The van der Waals surface area contributed by atoms with E-state index in [4.69, 9.17) is 0 Å². The summed E-state index contributed by atoms with van der Waals surface area (Å²) in [5.74, 6) is 0.119. The van der Waals surface area contributed by atoms with Crippen molar-refractivity contribution in [3.05, 3.63) is 66.0 Å². The Kier molecular flexibility index (Phi) is 10.3. The third-order valence-corrected chi connectivity index (χ3v) is 3.43. The standard InChI is InChI=1S/C19H23FN4O.HI/c1-2-21-19(22-13-12-15-8-6-7-11-17(15)20)23-14-18(25)24-16-9-4-3-5-10-16;/h3-11H,2,12-14H2,1H3,(H,24,25)(H2,21,22,23);1H. The Morgan fingerprint density at radius 2 is 1.73 bits per heavy atom. The zero-order chi connectivity index (χ0) is 17.9. The third kappa shape index (κ3) is 7.81. The summed E-state index contributed by atoms with van der Waals surface area (Å²) in [5, 5.41) is 8.95. The average molecular weight is 470 g/mol. The molecule has 3 N–H and O–H groups in total. The van der Waals surface area contributed by atoms with Gasteiger partial charge in [-0.3, -0.25) is 4.79 Å². The lowest BCUT2D eigenvalue weighted by Crippen LogP contribution is -2.39. The molecular weight excluding hydrogens is 446 g/mol. The second kappa shape index (κ2) is 12.2. The summed E-state index contributed by atoms with van der Waals surface area (Å²) in [7, 11) is 0. The molecule has 2 aromatic carbocycles. The number of hydrogen-bond donors (Lipinski definition) is 3. The summed E-state index contributed by atoms with van der Waals surface area (Å²) in [4.78, 5) is 16.2. The molecule has 26 heavy (non-hydrogen) atoms. The Hall–Kier alpha value is -2.16. The Balaban J connectivity index is 0.00000338. The van der Waals surface area contributed by atoms with Gasteiger partial charge in [-0.05, 0) is 37.1 Å². The quantitative estimate of drug-likeness (QED) is 0.331. The summed E-state index contributed by atoms with van der Waals surface area (Å²) in [6.07, 6.45) is 0.535. The summed E-state index contributed by atoms with van der Waals surface area (Å²) < 4.78 is 13.6. The van der Waals surface area contributed by atoms with Gasteiger partial charge in [-0.25, -0.2) is 9.38 Å². The van der Waals surface area contributed by atoms with Gasteiger partial charge in [0.1, 0.15) is 12.4 Å². The number of rotatable bonds is 7. The zero-order valence-corrected chi connectivity index (χ0v) is 17.0. The Bertz CT molecular complexity index is 710. The van der Waals surface area contributed by atoms with Crippen molar-refractivity contribution in [2.24, 2.45) is 4.99 Å². The molecule has 0 heterocycles. The maximum atomic E-state index is 13.6. The lowest BCUT2D eigenvalue weighted by atomic mass is 10.1. The van der Waals surface area contributed by atoms with Gasteiger partial charge in [0.15, 0.2) is 5.96 Å². The summed E-state index contributed by atoms with van der Waals surface area (Å²) >= 11 is 0. The van der Waals surface area contributed by atoms with Crippen LogP contribution in [0.4, 0.5) is 10.1 Å². The predicted octanol–water partition coefficient (Wildman–Crippen LogP) is 3.18. The Morgan fingerprint density at radius 1 is 1.04 bits per heavy atom. The van der Waals surface area contributed by atoms with Crippen LogP contribution in [0.3, 0.4) is 0 Å². The number of para-hydroxylation sites is 1. The first-order valence-electron chi connectivity index (χ1n) is 8.29. The largest absolute Gasteiger partial charge is 0.357 e. The number of nitrogens with one attached hydrogen (secondary N) is 3. The van der Waals surface area contributed by atoms with Gasteiger partial charge in [0.2, 0.25) is 5.91 Å². The third-order valence-electron chi connectivity index (χ3n) is 3.43. The smallest absolute Gasteiger partial charge is 0.246 e. The number of halogens is 2. The topological polar surface area (TPSA) is 65.5 Å². The van der Waals surface area contributed by atoms with Crippen molar-refractivity contribution in [1.29, 1.82) is 0 Å². The lowest BCUT2D eigenvalue weighted by Gasteiger charge is -2.11. The van der Waals surface area contributed by atoms with Crippen molar-refractivity contribution < 1.29 is 9.18 Å². The van der Waals surface area contributed by atoms with Gasteiger partial charge < -0.3 is 16.0 Å². The van der Waals surface area contributed by atoms with E-state index in [1.54, 1.807) is 12.1 Å². The van der Waals surface area contributed by atoms with Crippen LogP contribution in [0.5, 0.6) is 0 Å². The van der Waals surface area contributed by atoms with E-state index in [-0.39, 0.29) is 42.2 Å². The van der Waals surface area contributed by atoms with Crippen LogP contribution < -0.4 is 16.0 Å². The molecule has 140 valence electrons. The SMILES string of the molecule is CCNC(=NCC(=O)Nc1ccccc1)NCCc1ccccc1F.I. The molecule has 0 atom stereocenters. The van der Waals surface area contributed by atoms with Gasteiger partial charge in [0, 0.05) is 18.8 Å². The monoisotopic (exact) mass is 470 g/mol. The molecule has 0 aromatic heterocycles. The molecule has 2 rings (SSSR count). The van der Waals surface area contributed by atoms with E-state index in [2.05, 4.69) is 20.9 Å². The van der Waals surface area contributed by atoms with E-state index in [1.165, 1.54) is 6.07 Å². The first-order valence-corrected chi connectivity index (χ1v) is 8.29. The molecule has 5 nitrogen and oxygen atoms in total. The molecule has 0 aliphatic heterocycles. The average Bonchev–Trinajstić information content (AvgIpc) is 2.62. The highest BCUT2D eigenvalue weighted by atomic mass is 127. The van der Waals surface area contributed by atoms with Crippen LogP contribution in [-0.4, -0.2) is 31.5 Å². The van der Waals surface area contributed by atoms with Crippen LogP contribution in [0, 0.1) is 5.82 Å². The molecule has 2 aromatic rings. The molecule has 1 amide bonds. The lowest BCUT2D eigenvalue weighted by molar-refractivity contribution is -0.114. The van der Waals surface area contributed by atoms with E-state index in [0.717, 1.165) is 5.69 Å². The molecule has 0 saturated carbocycles. The molecule has 0 bridgehead atoms. The van der Waals surface area contributed by atoms with Crippen molar-refractivity contribution in [2.45, 2.75) is 13.3 Å². The van der Waals surface area contributed by atoms with Gasteiger partial charge in [-0.1, -0.05) is 36.4 Å². The van der Waals surface area contributed by atoms with Gasteiger partial charge in [0.25, 0.3) is 0 Å². The molecule has 0 aliphatic rings. The summed E-state index contributed by atoms with van der Waals surface area (Å²) in [6.45, 7) is 3.14. The van der Waals surface area contributed by atoms with Crippen LogP contribution in [0.2, 0.25) is 0 Å². The van der Waals surface area contributed by atoms with E-state index in [9.17, 15) is 9.18 Å². The second-order valence-corrected chi connectivity index (χ2v) is 5.38. The number of hydrogen-bond acceptors (Lipinski definition) is 2. The van der Waals surface area contributed by atoms with Crippen molar-refractivity contribution >= 4 is 41.5 Å². The fourth-order valence-electron chi connectivity index (χ4n) is 2.23. The van der Waals surface area contributed by atoms with Crippen molar-refractivity contribution in [1.82, 2.24) is 10.6 Å². The number of carbonyl (C=O) groups is 1. The highest BCUT2D eigenvalue weighted by Crippen LogP contribution is 2.06. The van der Waals surface area contributed by atoms with Crippen LogP contribution in [-0.2, 0) is 11.2 Å². The number of guanidine groups is 1. The second-order valence-electron chi connectivity index (χ2n) is 5.38. The first kappa shape index (κ1) is 21.9. The number of benzene rings is 2. The molecular formula is C19H24FIN4O. The van der Waals surface area contributed by atoms with Crippen molar-refractivity contribution in [3.8, 4) is 0 Å². The number of carbonyl (C=O) groups excluding carboxylic acids is 1. The van der Waals surface area contributed by atoms with Crippen molar-refractivity contribution in [3.63, 3.8) is 0 Å².